The summed E-state index contributed by atoms with van der Waals surface area (Å²) in [6.45, 7) is 5.28. The highest BCUT2D eigenvalue weighted by Crippen LogP contribution is 2.25. The Morgan fingerprint density at radius 1 is 0.966 bits per heavy atom. The SMILES string of the molecule is c1cnc2ccc(N3CCC[C@@H](Nc4nccc(N5CCOCC5)n4)C3)cc2c1. The Hall–Kier alpha value is -2.93. The molecule has 0 unspecified atom stereocenters. The van der Waals surface area contributed by atoms with Crippen molar-refractivity contribution in [3.8, 4) is 0 Å². The molecule has 2 aliphatic rings. The molecular formula is C22H26N6O. The van der Waals surface area contributed by atoms with Crippen molar-refractivity contribution >= 4 is 28.4 Å². The summed E-state index contributed by atoms with van der Waals surface area (Å²) in [5, 5.41) is 4.75. The third-order valence-electron chi connectivity index (χ3n) is 5.68. The standard InChI is InChI=1S/C22H26N6O/c1-3-17-15-19(5-6-20(17)23-8-1)28-10-2-4-18(16-28)25-22-24-9-7-21(26-22)27-11-13-29-14-12-27/h1,3,5-9,15,18H,2,4,10-14,16H2,(H,24,25,26)/t18-/m1/s1. The van der Waals surface area contributed by atoms with Crippen molar-refractivity contribution in [1.29, 1.82) is 0 Å². The summed E-state index contributed by atoms with van der Waals surface area (Å²) >= 11 is 0. The van der Waals surface area contributed by atoms with Gasteiger partial charge in [-0.2, -0.15) is 4.98 Å². The fourth-order valence-corrected chi connectivity index (χ4v) is 4.16. The van der Waals surface area contributed by atoms with Crippen LogP contribution in [0.5, 0.6) is 0 Å². The Labute approximate surface area is 170 Å². The second-order valence-corrected chi connectivity index (χ2v) is 7.65. The highest BCUT2D eigenvalue weighted by atomic mass is 16.5. The molecule has 29 heavy (non-hydrogen) atoms. The van der Waals surface area contributed by atoms with E-state index in [9.17, 15) is 0 Å². The summed E-state index contributed by atoms with van der Waals surface area (Å²) in [5.74, 6) is 1.68. The van der Waals surface area contributed by atoms with Crippen LogP contribution in [0.2, 0.25) is 0 Å². The minimum atomic E-state index is 0.327. The Morgan fingerprint density at radius 3 is 2.83 bits per heavy atom. The Balaban J connectivity index is 1.28. The van der Waals surface area contributed by atoms with E-state index in [0.29, 0.717) is 12.0 Å². The van der Waals surface area contributed by atoms with Crippen molar-refractivity contribution in [2.24, 2.45) is 0 Å². The van der Waals surface area contributed by atoms with E-state index < -0.39 is 0 Å². The summed E-state index contributed by atoms with van der Waals surface area (Å²) in [6, 6.07) is 12.9. The van der Waals surface area contributed by atoms with Gasteiger partial charge >= 0.3 is 0 Å². The second kappa shape index (κ2) is 8.21. The van der Waals surface area contributed by atoms with Gasteiger partial charge in [0.15, 0.2) is 0 Å². The number of benzene rings is 1. The number of morpholine rings is 1. The first-order chi connectivity index (χ1) is 14.3. The number of anilines is 3. The Kier molecular flexibility index (Phi) is 5.13. The van der Waals surface area contributed by atoms with E-state index >= 15 is 0 Å². The van der Waals surface area contributed by atoms with Gasteiger partial charge in [-0.15, -0.1) is 0 Å². The molecule has 1 N–H and O–H groups in total. The van der Waals surface area contributed by atoms with Gasteiger partial charge in [-0.1, -0.05) is 6.07 Å². The van der Waals surface area contributed by atoms with Crippen LogP contribution in [0, 0.1) is 0 Å². The van der Waals surface area contributed by atoms with Crippen molar-refractivity contribution in [3.05, 3.63) is 48.8 Å². The molecule has 5 rings (SSSR count). The quantitative estimate of drug-likeness (QED) is 0.735. The minimum absolute atomic E-state index is 0.327. The number of aromatic nitrogens is 3. The van der Waals surface area contributed by atoms with Crippen molar-refractivity contribution in [1.82, 2.24) is 15.0 Å². The summed E-state index contributed by atoms with van der Waals surface area (Å²) in [4.78, 5) is 18.3. The highest BCUT2D eigenvalue weighted by molar-refractivity contribution is 5.82. The number of rotatable bonds is 4. The van der Waals surface area contributed by atoms with Crippen LogP contribution in [0.25, 0.3) is 10.9 Å². The number of fused-ring (bicyclic) bond motifs is 1. The molecule has 2 aromatic heterocycles. The molecule has 4 heterocycles. The number of pyridine rings is 1. The first-order valence-electron chi connectivity index (χ1n) is 10.4. The maximum absolute atomic E-state index is 5.44. The van der Waals surface area contributed by atoms with E-state index in [4.69, 9.17) is 9.72 Å². The molecule has 0 spiro atoms. The molecule has 1 atom stereocenters. The average molecular weight is 390 g/mol. The first-order valence-corrected chi connectivity index (χ1v) is 10.4. The van der Waals surface area contributed by atoms with Crippen LogP contribution >= 0.6 is 0 Å². The van der Waals surface area contributed by atoms with Crippen molar-refractivity contribution in [3.63, 3.8) is 0 Å². The van der Waals surface area contributed by atoms with Crippen LogP contribution in [0.1, 0.15) is 12.8 Å². The largest absolute Gasteiger partial charge is 0.378 e. The Morgan fingerprint density at radius 2 is 1.90 bits per heavy atom. The van der Waals surface area contributed by atoms with Gasteiger partial charge in [0.2, 0.25) is 5.95 Å². The topological polar surface area (TPSA) is 66.4 Å². The lowest BCUT2D eigenvalue weighted by atomic mass is 10.0. The lowest BCUT2D eigenvalue weighted by Crippen LogP contribution is -2.42. The van der Waals surface area contributed by atoms with Crippen LogP contribution in [0.15, 0.2) is 48.8 Å². The summed E-state index contributed by atoms with van der Waals surface area (Å²) in [6.07, 6.45) is 5.95. The second-order valence-electron chi connectivity index (χ2n) is 7.65. The number of nitrogens with zero attached hydrogens (tertiary/aromatic N) is 5. The highest BCUT2D eigenvalue weighted by Gasteiger charge is 2.21. The number of piperidine rings is 1. The lowest BCUT2D eigenvalue weighted by Gasteiger charge is -2.35. The zero-order valence-electron chi connectivity index (χ0n) is 16.5. The average Bonchev–Trinajstić information content (AvgIpc) is 2.80. The lowest BCUT2D eigenvalue weighted by molar-refractivity contribution is 0.122. The van der Waals surface area contributed by atoms with Crippen molar-refractivity contribution in [2.75, 3.05) is 54.5 Å². The molecule has 2 aliphatic heterocycles. The molecule has 0 amide bonds. The van der Waals surface area contributed by atoms with Crippen molar-refractivity contribution < 1.29 is 4.74 Å². The molecule has 150 valence electrons. The number of hydrogen-bond donors (Lipinski definition) is 1. The van der Waals surface area contributed by atoms with E-state index in [1.807, 2.05) is 24.5 Å². The van der Waals surface area contributed by atoms with Gasteiger partial charge in [0.1, 0.15) is 5.82 Å². The van der Waals surface area contributed by atoms with E-state index in [0.717, 1.165) is 63.6 Å². The molecular weight excluding hydrogens is 364 g/mol. The monoisotopic (exact) mass is 390 g/mol. The minimum Gasteiger partial charge on any atom is -0.378 e. The molecule has 3 aromatic rings. The maximum Gasteiger partial charge on any atom is 0.224 e. The zero-order chi connectivity index (χ0) is 19.5. The molecule has 2 saturated heterocycles. The summed E-state index contributed by atoms with van der Waals surface area (Å²) < 4.78 is 5.44. The normalized spacial score (nSPS) is 20.1. The molecule has 7 heteroatoms. The molecule has 0 saturated carbocycles. The van der Waals surface area contributed by atoms with Crippen molar-refractivity contribution in [2.45, 2.75) is 18.9 Å². The van der Waals surface area contributed by atoms with Crippen LogP contribution < -0.4 is 15.1 Å². The van der Waals surface area contributed by atoms with Crippen LogP contribution in [-0.2, 0) is 4.74 Å². The van der Waals surface area contributed by atoms with Gasteiger partial charge in [-0.25, -0.2) is 4.98 Å². The van der Waals surface area contributed by atoms with E-state index in [1.54, 1.807) is 0 Å². The van der Waals surface area contributed by atoms with E-state index in [2.05, 4.69) is 49.4 Å². The smallest absolute Gasteiger partial charge is 0.224 e. The van der Waals surface area contributed by atoms with Gasteiger partial charge < -0.3 is 19.9 Å². The van der Waals surface area contributed by atoms with Gasteiger partial charge in [-0.3, -0.25) is 4.98 Å². The Bertz CT molecular complexity index is 974. The van der Waals surface area contributed by atoms with Gasteiger partial charge in [0, 0.05) is 55.7 Å². The third kappa shape index (κ3) is 4.10. The van der Waals surface area contributed by atoms with E-state index in [-0.39, 0.29) is 0 Å². The molecule has 2 fully saturated rings. The molecule has 1 aromatic carbocycles. The molecule has 0 radical (unpaired) electrons. The first kappa shape index (κ1) is 18.1. The fraction of sp³-hybridized carbons (Fsp3) is 0.409. The number of nitrogens with one attached hydrogen (secondary N) is 1. The third-order valence-corrected chi connectivity index (χ3v) is 5.68. The number of hydrogen-bond acceptors (Lipinski definition) is 7. The number of ether oxygens (including phenoxy) is 1. The van der Waals surface area contributed by atoms with Crippen LogP contribution in [0.4, 0.5) is 17.5 Å². The van der Waals surface area contributed by atoms with Crippen LogP contribution in [-0.4, -0.2) is 60.4 Å². The molecule has 0 aliphatic carbocycles. The maximum atomic E-state index is 5.44. The zero-order valence-corrected chi connectivity index (χ0v) is 16.5. The molecule has 7 nitrogen and oxygen atoms in total. The van der Waals surface area contributed by atoms with Gasteiger partial charge in [0.05, 0.1) is 18.7 Å². The predicted octanol–water partition coefficient (Wildman–Crippen LogP) is 2.94. The summed E-state index contributed by atoms with van der Waals surface area (Å²) in [7, 11) is 0. The van der Waals surface area contributed by atoms with Crippen LogP contribution in [0.3, 0.4) is 0 Å². The fourth-order valence-electron chi connectivity index (χ4n) is 4.16. The summed E-state index contributed by atoms with van der Waals surface area (Å²) in [5.41, 5.74) is 2.29. The van der Waals surface area contributed by atoms with E-state index in [1.165, 1.54) is 11.1 Å². The molecule has 0 bridgehead atoms. The van der Waals surface area contributed by atoms with Gasteiger partial charge in [0.25, 0.3) is 0 Å². The van der Waals surface area contributed by atoms with Gasteiger partial charge in [-0.05, 0) is 43.2 Å². The predicted molar refractivity (Wildman–Crippen MR) is 116 cm³/mol.